The highest BCUT2D eigenvalue weighted by Gasteiger charge is 2.13. The first-order chi connectivity index (χ1) is 13.6. The van der Waals surface area contributed by atoms with E-state index in [-0.39, 0.29) is 23.2 Å². The van der Waals surface area contributed by atoms with Crippen LogP contribution < -0.4 is 11.5 Å². The average Bonchev–Trinajstić information content (AvgIpc) is 3.42. The number of ketones is 2. The van der Waals surface area contributed by atoms with Gasteiger partial charge in [-0.15, -0.1) is 11.3 Å². The standard InChI is InChI=1S/2C10H8N2OS/c11-10-7(3-1-5-12-10)9(13)8-4-2-6-14-8;11-10-8(2-1-4-12-10)9(13)7-3-5-14-6-7/h2*1-6H,(H2,11,12). The molecule has 0 aliphatic rings. The Morgan fingerprint density at radius 1 is 0.786 bits per heavy atom. The summed E-state index contributed by atoms with van der Waals surface area (Å²) in [6.45, 7) is 0. The number of nitrogens with zero attached hydrogens (tertiary/aromatic N) is 2. The lowest BCUT2D eigenvalue weighted by Gasteiger charge is -2.00. The van der Waals surface area contributed by atoms with Crippen LogP contribution in [0, 0.1) is 0 Å². The van der Waals surface area contributed by atoms with Crippen molar-refractivity contribution in [3.8, 4) is 0 Å². The van der Waals surface area contributed by atoms with Gasteiger partial charge in [0, 0.05) is 23.3 Å². The number of nitrogens with two attached hydrogens (primary N) is 2. The van der Waals surface area contributed by atoms with E-state index in [9.17, 15) is 9.59 Å². The summed E-state index contributed by atoms with van der Waals surface area (Å²) in [5, 5.41) is 5.52. The van der Waals surface area contributed by atoms with Crippen LogP contribution in [0.5, 0.6) is 0 Å². The normalized spacial score (nSPS) is 10.0. The van der Waals surface area contributed by atoms with Crippen LogP contribution in [-0.4, -0.2) is 21.5 Å². The lowest BCUT2D eigenvalue weighted by Crippen LogP contribution is -2.05. The number of carbonyl (C=O) groups excluding carboxylic acids is 2. The minimum absolute atomic E-state index is 0.0643. The van der Waals surface area contributed by atoms with Crippen molar-refractivity contribution in [2.75, 3.05) is 11.5 Å². The van der Waals surface area contributed by atoms with Gasteiger partial charge in [0.25, 0.3) is 0 Å². The van der Waals surface area contributed by atoms with E-state index >= 15 is 0 Å². The second kappa shape index (κ2) is 9.03. The summed E-state index contributed by atoms with van der Waals surface area (Å²) in [4.78, 5) is 32.1. The van der Waals surface area contributed by atoms with Gasteiger partial charge in [0.15, 0.2) is 5.78 Å². The van der Waals surface area contributed by atoms with E-state index in [1.54, 1.807) is 54.2 Å². The molecule has 0 unspecified atom stereocenters. The molecule has 140 valence electrons. The molecular weight excluding hydrogens is 392 g/mol. The van der Waals surface area contributed by atoms with Crippen LogP contribution in [0.2, 0.25) is 0 Å². The molecule has 4 heterocycles. The van der Waals surface area contributed by atoms with Crippen molar-refractivity contribution >= 4 is 45.9 Å². The summed E-state index contributed by atoms with van der Waals surface area (Å²) in [7, 11) is 0. The first-order valence-corrected chi connectivity index (χ1v) is 9.96. The van der Waals surface area contributed by atoms with E-state index in [0.29, 0.717) is 21.6 Å². The average molecular weight is 409 g/mol. The quantitative estimate of drug-likeness (QED) is 0.495. The van der Waals surface area contributed by atoms with Crippen LogP contribution in [0.1, 0.15) is 31.2 Å². The topological polar surface area (TPSA) is 112 Å². The molecule has 0 atom stereocenters. The second-order valence-corrected chi connectivity index (χ2v) is 7.25. The monoisotopic (exact) mass is 408 g/mol. The molecule has 0 spiro atoms. The Morgan fingerprint density at radius 3 is 1.93 bits per heavy atom. The van der Waals surface area contributed by atoms with Crippen LogP contribution in [-0.2, 0) is 0 Å². The Balaban J connectivity index is 0.000000161. The van der Waals surface area contributed by atoms with Crippen LogP contribution in [0.4, 0.5) is 11.6 Å². The number of hydrogen-bond acceptors (Lipinski definition) is 8. The van der Waals surface area contributed by atoms with Gasteiger partial charge in [-0.1, -0.05) is 6.07 Å². The van der Waals surface area contributed by atoms with Crippen molar-refractivity contribution in [3.63, 3.8) is 0 Å². The van der Waals surface area contributed by atoms with E-state index in [4.69, 9.17) is 11.5 Å². The molecule has 0 saturated heterocycles. The number of thiophene rings is 2. The summed E-state index contributed by atoms with van der Waals surface area (Å²) in [6, 6.07) is 12.2. The SMILES string of the molecule is Nc1ncccc1C(=O)c1cccs1.Nc1ncccc1C(=O)c1ccsc1. The van der Waals surface area contributed by atoms with Gasteiger partial charge in [-0.3, -0.25) is 9.59 Å². The van der Waals surface area contributed by atoms with E-state index in [1.807, 2.05) is 16.8 Å². The molecule has 4 rings (SSSR count). The summed E-state index contributed by atoms with van der Waals surface area (Å²) in [5.74, 6) is 0.428. The smallest absolute Gasteiger partial charge is 0.206 e. The number of aromatic nitrogens is 2. The number of pyridine rings is 2. The second-order valence-electron chi connectivity index (χ2n) is 5.52. The zero-order chi connectivity index (χ0) is 19.9. The fourth-order valence-corrected chi connectivity index (χ4v) is 3.62. The summed E-state index contributed by atoms with van der Waals surface area (Å²) in [5.41, 5.74) is 12.8. The third-order valence-corrected chi connectivity index (χ3v) is 5.25. The molecule has 4 aromatic heterocycles. The molecule has 8 heteroatoms. The highest BCUT2D eigenvalue weighted by molar-refractivity contribution is 7.12. The number of hydrogen-bond donors (Lipinski definition) is 2. The zero-order valence-corrected chi connectivity index (χ0v) is 16.2. The summed E-state index contributed by atoms with van der Waals surface area (Å²) in [6.07, 6.45) is 3.14. The van der Waals surface area contributed by atoms with Gasteiger partial charge in [0.2, 0.25) is 5.78 Å². The van der Waals surface area contributed by atoms with Gasteiger partial charge < -0.3 is 11.5 Å². The molecule has 0 saturated carbocycles. The number of nitrogen functional groups attached to an aromatic ring is 2. The molecule has 0 radical (unpaired) electrons. The van der Waals surface area contributed by atoms with Gasteiger partial charge in [-0.2, -0.15) is 11.3 Å². The Hall–Kier alpha value is -3.36. The molecule has 0 aliphatic carbocycles. The minimum atomic E-state index is -0.0724. The Bertz CT molecular complexity index is 990. The fourth-order valence-electron chi connectivity index (χ4n) is 2.31. The molecular formula is C20H16N4O2S2. The van der Waals surface area contributed by atoms with Crippen molar-refractivity contribution < 1.29 is 9.59 Å². The van der Waals surface area contributed by atoms with E-state index in [2.05, 4.69) is 9.97 Å². The zero-order valence-electron chi connectivity index (χ0n) is 14.6. The van der Waals surface area contributed by atoms with Crippen LogP contribution in [0.3, 0.4) is 0 Å². The lowest BCUT2D eigenvalue weighted by molar-refractivity contribution is 0.103. The Labute approximate surface area is 169 Å². The third-order valence-electron chi connectivity index (χ3n) is 3.69. The van der Waals surface area contributed by atoms with Gasteiger partial charge in [0.05, 0.1) is 16.0 Å². The number of rotatable bonds is 4. The molecule has 0 amide bonds. The molecule has 4 N–H and O–H groups in total. The van der Waals surface area contributed by atoms with Gasteiger partial charge in [-0.25, -0.2) is 9.97 Å². The third kappa shape index (κ3) is 4.48. The highest BCUT2D eigenvalue weighted by atomic mass is 32.1. The predicted octanol–water partition coefficient (Wildman–Crippen LogP) is 3.91. The first-order valence-electron chi connectivity index (χ1n) is 8.14. The molecule has 0 aromatic carbocycles. The highest BCUT2D eigenvalue weighted by Crippen LogP contribution is 2.18. The molecule has 6 nitrogen and oxygen atoms in total. The number of anilines is 2. The van der Waals surface area contributed by atoms with Crippen molar-refractivity contribution in [1.82, 2.24) is 9.97 Å². The molecule has 0 aliphatic heterocycles. The largest absolute Gasteiger partial charge is 0.383 e. The number of carbonyl (C=O) groups is 2. The van der Waals surface area contributed by atoms with Crippen molar-refractivity contribution in [1.29, 1.82) is 0 Å². The van der Waals surface area contributed by atoms with Crippen molar-refractivity contribution in [2.24, 2.45) is 0 Å². The maximum Gasteiger partial charge on any atom is 0.206 e. The fraction of sp³-hybridized carbons (Fsp3) is 0. The van der Waals surface area contributed by atoms with Crippen LogP contribution >= 0.6 is 22.7 Å². The Morgan fingerprint density at radius 2 is 1.43 bits per heavy atom. The van der Waals surface area contributed by atoms with Crippen molar-refractivity contribution in [2.45, 2.75) is 0 Å². The van der Waals surface area contributed by atoms with Gasteiger partial charge in [-0.05, 0) is 47.2 Å². The minimum Gasteiger partial charge on any atom is -0.383 e. The molecule has 0 fully saturated rings. The molecule has 28 heavy (non-hydrogen) atoms. The molecule has 0 bridgehead atoms. The van der Waals surface area contributed by atoms with Gasteiger partial charge in [0.1, 0.15) is 11.6 Å². The van der Waals surface area contributed by atoms with E-state index < -0.39 is 0 Å². The van der Waals surface area contributed by atoms with Crippen LogP contribution in [0.25, 0.3) is 0 Å². The Kier molecular flexibility index (Phi) is 6.25. The van der Waals surface area contributed by atoms with Gasteiger partial charge >= 0.3 is 0 Å². The van der Waals surface area contributed by atoms with Crippen LogP contribution in [0.15, 0.2) is 71.0 Å². The first kappa shape index (κ1) is 19.4. The maximum atomic E-state index is 11.8. The van der Waals surface area contributed by atoms with E-state index in [1.165, 1.54) is 22.7 Å². The predicted molar refractivity (Wildman–Crippen MR) is 113 cm³/mol. The maximum absolute atomic E-state index is 11.8. The molecule has 4 aromatic rings. The van der Waals surface area contributed by atoms with E-state index in [0.717, 1.165) is 0 Å². The van der Waals surface area contributed by atoms with Crippen molar-refractivity contribution in [3.05, 3.63) is 92.6 Å². The summed E-state index contributed by atoms with van der Waals surface area (Å²) >= 11 is 2.89. The lowest BCUT2D eigenvalue weighted by atomic mass is 10.1. The summed E-state index contributed by atoms with van der Waals surface area (Å²) < 4.78 is 0.